The molecule has 1 heterocycles. The van der Waals surface area contributed by atoms with Gasteiger partial charge in [-0.1, -0.05) is 13.0 Å². The minimum absolute atomic E-state index is 0.185. The molecule has 0 radical (unpaired) electrons. The molecule has 0 bridgehead atoms. The fourth-order valence-corrected chi connectivity index (χ4v) is 2.53. The number of benzene rings is 1. The molecule has 18 heavy (non-hydrogen) atoms. The van der Waals surface area contributed by atoms with Crippen LogP contribution < -0.4 is 5.32 Å². The van der Waals surface area contributed by atoms with Crippen molar-refractivity contribution in [2.24, 2.45) is 0 Å². The molecule has 2 rings (SSSR count). The number of likely N-dealkylation sites (N-methyl/N-ethyl adjacent to an activating group) is 1. The van der Waals surface area contributed by atoms with E-state index < -0.39 is 11.6 Å². The number of hydrogen-bond donors (Lipinski definition) is 1. The first-order chi connectivity index (χ1) is 8.72. The molecule has 1 aromatic rings. The van der Waals surface area contributed by atoms with Crippen LogP contribution in [0, 0.1) is 11.6 Å². The van der Waals surface area contributed by atoms with Crippen molar-refractivity contribution >= 4 is 0 Å². The molecular weight excluding hydrogens is 234 g/mol. The smallest absolute Gasteiger partial charge is 0.130 e. The van der Waals surface area contributed by atoms with Gasteiger partial charge < -0.3 is 5.32 Å². The first-order valence-electron chi connectivity index (χ1n) is 6.60. The third-order valence-electron chi connectivity index (χ3n) is 3.62. The molecule has 1 aliphatic heterocycles. The van der Waals surface area contributed by atoms with E-state index in [1.54, 1.807) is 0 Å². The van der Waals surface area contributed by atoms with E-state index in [1.807, 2.05) is 6.92 Å². The zero-order valence-corrected chi connectivity index (χ0v) is 10.8. The normalized spacial score (nSPS) is 20.3. The lowest BCUT2D eigenvalue weighted by atomic mass is 10.0. The van der Waals surface area contributed by atoms with Crippen molar-refractivity contribution in [3.05, 3.63) is 35.4 Å². The SMILES string of the molecule is CCN(Cc1c(F)cccc1F)C1CCCNC1. The summed E-state index contributed by atoms with van der Waals surface area (Å²) < 4.78 is 27.3. The molecular formula is C14H20F2N2. The van der Waals surface area contributed by atoms with Crippen LogP contribution in [0.25, 0.3) is 0 Å². The summed E-state index contributed by atoms with van der Waals surface area (Å²) in [6, 6.07) is 4.44. The monoisotopic (exact) mass is 254 g/mol. The van der Waals surface area contributed by atoms with E-state index in [2.05, 4.69) is 10.2 Å². The van der Waals surface area contributed by atoms with E-state index in [0.717, 1.165) is 32.5 Å². The third-order valence-corrected chi connectivity index (χ3v) is 3.62. The maximum atomic E-state index is 13.6. The van der Waals surface area contributed by atoms with Gasteiger partial charge in [0, 0.05) is 24.7 Å². The molecule has 1 fully saturated rings. The molecule has 4 heteroatoms. The van der Waals surface area contributed by atoms with E-state index in [9.17, 15) is 8.78 Å². The van der Waals surface area contributed by atoms with Gasteiger partial charge in [-0.15, -0.1) is 0 Å². The summed E-state index contributed by atoms with van der Waals surface area (Å²) in [7, 11) is 0. The second-order valence-corrected chi connectivity index (χ2v) is 4.76. The first kappa shape index (κ1) is 13.4. The molecule has 2 nitrogen and oxygen atoms in total. The van der Waals surface area contributed by atoms with Crippen molar-refractivity contribution in [1.82, 2.24) is 10.2 Å². The highest BCUT2D eigenvalue weighted by atomic mass is 19.1. The van der Waals surface area contributed by atoms with Gasteiger partial charge in [-0.2, -0.15) is 0 Å². The van der Waals surface area contributed by atoms with Crippen LogP contribution in [-0.4, -0.2) is 30.6 Å². The minimum atomic E-state index is -0.447. The fraction of sp³-hybridized carbons (Fsp3) is 0.571. The van der Waals surface area contributed by atoms with Crippen molar-refractivity contribution in [2.75, 3.05) is 19.6 Å². The summed E-state index contributed by atoms with van der Waals surface area (Å²) in [4.78, 5) is 2.15. The minimum Gasteiger partial charge on any atom is -0.315 e. The van der Waals surface area contributed by atoms with Gasteiger partial charge in [0.15, 0.2) is 0 Å². The average molecular weight is 254 g/mol. The molecule has 1 aromatic carbocycles. The molecule has 0 aliphatic carbocycles. The van der Waals surface area contributed by atoms with Crippen LogP contribution in [0.4, 0.5) is 8.78 Å². The van der Waals surface area contributed by atoms with Crippen molar-refractivity contribution in [1.29, 1.82) is 0 Å². The Labute approximate surface area is 107 Å². The van der Waals surface area contributed by atoms with Crippen LogP contribution in [0.1, 0.15) is 25.3 Å². The first-order valence-corrected chi connectivity index (χ1v) is 6.60. The zero-order chi connectivity index (χ0) is 13.0. The molecule has 0 saturated carbocycles. The summed E-state index contributed by atoms with van der Waals surface area (Å²) in [5.74, 6) is -0.894. The molecule has 1 atom stereocenters. The van der Waals surface area contributed by atoms with Crippen LogP contribution in [0.3, 0.4) is 0 Å². The van der Waals surface area contributed by atoms with Crippen molar-refractivity contribution in [2.45, 2.75) is 32.4 Å². The van der Waals surface area contributed by atoms with Gasteiger partial charge in [-0.25, -0.2) is 8.78 Å². The van der Waals surface area contributed by atoms with Gasteiger partial charge in [0.1, 0.15) is 11.6 Å². The summed E-state index contributed by atoms with van der Waals surface area (Å²) in [6.07, 6.45) is 2.22. The van der Waals surface area contributed by atoms with E-state index in [-0.39, 0.29) is 5.56 Å². The molecule has 0 amide bonds. The highest BCUT2D eigenvalue weighted by Crippen LogP contribution is 2.18. The fourth-order valence-electron chi connectivity index (χ4n) is 2.53. The zero-order valence-electron chi connectivity index (χ0n) is 10.8. The number of hydrogen-bond acceptors (Lipinski definition) is 2. The van der Waals surface area contributed by atoms with Crippen LogP contribution in [-0.2, 0) is 6.54 Å². The van der Waals surface area contributed by atoms with Crippen LogP contribution in [0.15, 0.2) is 18.2 Å². The lowest BCUT2D eigenvalue weighted by molar-refractivity contribution is 0.162. The predicted octanol–water partition coefficient (Wildman–Crippen LogP) is 2.54. The Morgan fingerprint density at radius 1 is 1.33 bits per heavy atom. The maximum absolute atomic E-state index is 13.6. The number of nitrogens with one attached hydrogen (secondary N) is 1. The summed E-state index contributed by atoms with van der Waals surface area (Å²) in [6.45, 7) is 5.14. The Hall–Kier alpha value is -1.00. The largest absolute Gasteiger partial charge is 0.315 e. The standard InChI is InChI=1S/C14H20F2N2/c1-2-18(11-5-4-8-17-9-11)10-12-13(15)6-3-7-14(12)16/h3,6-7,11,17H,2,4-5,8-10H2,1H3. The molecule has 1 saturated heterocycles. The number of rotatable bonds is 4. The maximum Gasteiger partial charge on any atom is 0.130 e. The van der Waals surface area contributed by atoms with E-state index in [1.165, 1.54) is 18.2 Å². The quantitative estimate of drug-likeness (QED) is 0.888. The Morgan fingerprint density at radius 3 is 2.61 bits per heavy atom. The average Bonchev–Trinajstić information content (AvgIpc) is 2.40. The Bertz CT molecular complexity index is 369. The van der Waals surface area contributed by atoms with Crippen molar-refractivity contribution in [3.8, 4) is 0 Å². The summed E-state index contributed by atoms with van der Waals surface area (Å²) >= 11 is 0. The lowest BCUT2D eigenvalue weighted by Gasteiger charge is -2.34. The number of nitrogens with zero attached hydrogens (tertiary/aromatic N) is 1. The van der Waals surface area contributed by atoms with E-state index in [0.29, 0.717) is 12.6 Å². The predicted molar refractivity (Wildman–Crippen MR) is 68.3 cm³/mol. The highest BCUT2D eigenvalue weighted by molar-refractivity contribution is 5.19. The van der Waals surface area contributed by atoms with Gasteiger partial charge in [-0.05, 0) is 38.1 Å². The second kappa shape index (κ2) is 6.25. The molecule has 0 spiro atoms. The van der Waals surface area contributed by atoms with Crippen LogP contribution in [0.2, 0.25) is 0 Å². The van der Waals surface area contributed by atoms with Crippen LogP contribution >= 0.6 is 0 Å². The molecule has 0 aromatic heterocycles. The Morgan fingerprint density at radius 2 is 2.06 bits per heavy atom. The number of halogens is 2. The summed E-state index contributed by atoms with van der Waals surface area (Å²) in [5, 5.41) is 3.34. The summed E-state index contributed by atoms with van der Waals surface area (Å²) in [5.41, 5.74) is 0.185. The number of piperidine rings is 1. The van der Waals surface area contributed by atoms with Crippen molar-refractivity contribution in [3.63, 3.8) is 0 Å². The van der Waals surface area contributed by atoms with Gasteiger partial charge in [-0.3, -0.25) is 4.90 Å². The molecule has 100 valence electrons. The van der Waals surface area contributed by atoms with E-state index in [4.69, 9.17) is 0 Å². The topological polar surface area (TPSA) is 15.3 Å². The van der Waals surface area contributed by atoms with E-state index >= 15 is 0 Å². The Balaban J connectivity index is 2.09. The van der Waals surface area contributed by atoms with Gasteiger partial charge in [0.25, 0.3) is 0 Å². The van der Waals surface area contributed by atoms with Gasteiger partial charge in [0.05, 0.1) is 0 Å². The molecule has 1 N–H and O–H groups in total. The second-order valence-electron chi connectivity index (χ2n) is 4.76. The highest BCUT2D eigenvalue weighted by Gasteiger charge is 2.21. The lowest BCUT2D eigenvalue weighted by Crippen LogP contribution is -2.45. The van der Waals surface area contributed by atoms with Crippen molar-refractivity contribution < 1.29 is 8.78 Å². The third kappa shape index (κ3) is 3.06. The van der Waals surface area contributed by atoms with Crippen LogP contribution in [0.5, 0.6) is 0 Å². The Kier molecular flexibility index (Phi) is 4.66. The van der Waals surface area contributed by atoms with Gasteiger partial charge >= 0.3 is 0 Å². The molecule has 1 unspecified atom stereocenters. The molecule has 1 aliphatic rings. The van der Waals surface area contributed by atoms with Gasteiger partial charge in [0.2, 0.25) is 0 Å².